The predicted molar refractivity (Wildman–Crippen MR) is 82.6 cm³/mol. The number of esters is 1. The van der Waals surface area contributed by atoms with Gasteiger partial charge < -0.3 is 29.9 Å². The van der Waals surface area contributed by atoms with E-state index in [9.17, 15) is 20.1 Å². The van der Waals surface area contributed by atoms with Gasteiger partial charge in [-0.2, -0.15) is 0 Å². The summed E-state index contributed by atoms with van der Waals surface area (Å²) in [5, 5.41) is 37.9. The van der Waals surface area contributed by atoms with E-state index in [1.54, 1.807) is 0 Å². The lowest BCUT2D eigenvalue weighted by atomic mass is 10.1. The highest BCUT2D eigenvalue weighted by molar-refractivity contribution is 5.89. The van der Waals surface area contributed by atoms with Crippen LogP contribution in [0.2, 0.25) is 0 Å². The van der Waals surface area contributed by atoms with E-state index in [1.807, 2.05) is 0 Å². The number of unbranched alkanes of at least 4 members (excludes halogenated alkanes) is 5. The predicted octanol–water partition coefficient (Wildman–Crippen LogP) is 1.16. The molecule has 1 rings (SSSR count). The van der Waals surface area contributed by atoms with Crippen molar-refractivity contribution in [1.82, 2.24) is 0 Å². The summed E-state index contributed by atoms with van der Waals surface area (Å²) in [4.78, 5) is 11.3. The summed E-state index contributed by atoms with van der Waals surface area (Å²) in [6, 6.07) is 0. The third-order valence-corrected chi connectivity index (χ3v) is 3.78. The Bertz CT molecular complexity index is 394. The maximum atomic E-state index is 11.3. The number of carbonyl (C=O) groups excluding carboxylic acids is 1. The number of cyclic esters (lactones) is 1. The van der Waals surface area contributed by atoms with Gasteiger partial charge >= 0.3 is 5.97 Å². The summed E-state index contributed by atoms with van der Waals surface area (Å²) in [5.74, 6) is -1.98. The molecule has 0 fully saturated rings. The summed E-state index contributed by atoms with van der Waals surface area (Å²) < 4.78 is 9.97. The Labute approximate surface area is 136 Å². The topological polar surface area (TPSA) is 116 Å². The molecule has 4 N–H and O–H groups in total. The van der Waals surface area contributed by atoms with Crippen molar-refractivity contribution in [3.05, 3.63) is 11.5 Å². The van der Waals surface area contributed by atoms with Crippen LogP contribution in [0.4, 0.5) is 0 Å². The van der Waals surface area contributed by atoms with E-state index in [-0.39, 0.29) is 12.4 Å². The molecular formula is C16H28O7. The molecule has 0 aliphatic carbocycles. The van der Waals surface area contributed by atoms with E-state index in [4.69, 9.17) is 14.6 Å². The number of aliphatic hydroxyl groups is 4. The van der Waals surface area contributed by atoms with Crippen molar-refractivity contribution in [3.8, 4) is 0 Å². The molecule has 0 saturated heterocycles. The molecule has 0 saturated carbocycles. The molecule has 0 spiro atoms. The first kappa shape index (κ1) is 19.7. The molecule has 0 aromatic heterocycles. The van der Waals surface area contributed by atoms with E-state index in [0.29, 0.717) is 6.42 Å². The van der Waals surface area contributed by atoms with Crippen LogP contribution >= 0.6 is 0 Å². The number of ether oxygens (including phenoxy) is 2. The van der Waals surface area contributed by atoms with Gasteiger partial charge in [-0.1, -0.05) is 45.4 Å². The van der Waals surface area contributed by atoms with Crippen LogP contribution in [-0.4, -0.2) is 57.9 Å². The lowest BCUT2D eigenvalue weighted by Crippen LogP contribution is -2.33. The molecule has 7 nitrogen and oxygen atoms in total. The average Bonchev–Trinajstić information content (AvgIpc) is 2.83. The van der Waals surface area contributed by atoms with Crippen LogP contribution in [0.15, 0.2) is 11.5 Å². The SMILES string of the molecule is CCCCCCCCC(O)COC1=C(O)C(=O)OC1C(O)CO. The van der Waals surface area contributed by atoms with Crippen LogP contribution < -0.4 is 0 Å². The minimum atomic E-state index is -1.38. The molecule has 134 valence electrons. The third-order valence-electron chi connectivity index (χ3n) is 3.78. The van der Waals surface area contributed by atoms with Gasteiger partial charge in [0.25, 0.3) is 0 Å². The fourth-order valence-corrected chi connectivity index (χ4v) is 2.39. The normalized spacial score (nSPS) is 20.5. The second kappa shape index (κ2) is 10.5. The van der Waals surface area contributed by atoms with E-state index in [2.05, 4.69) is 6.92 Å². The van der Waals surface area contributed by atoms with Crippen molar-refractivity contribution in [3.63, 3.8) is 0 Å². The van der Waals surface area contributed by atoms with Crippen molar-refractivity contribution in [1.29, 1.82) is 0 Å². The largest absolute Gasteiger partial charge is 0.499 e. The van der Waals surface area contributed by atoms with Crippen LogP contribution in [0.3, 0.4) is 0 Å². The maximum Gasteiger partial charge on any atom is 0.378 e. The maximum absolute atomic E-state index is 11.3. The highest BCUT2D eigenvalue weighted by atomic mass is 16.6. The fourth-order valence-electron chi connectivity index (χ4n) is 2.39. The first-order chi connectivity index (χ1) is 11.0. The molecule has 0 bridgehead atoms. The zero-order valence-electron chi connectivity index (χ0n) is 13.6. The highest BCUT2D eigenvalue weighted by Crippen LogP contribution is 2.25. The smallest absolute Gasteiger partial charge is 0.378 e. The summed E-state index contributed by atoms with van der Waals surface area (Å²) in [7, 11) is 0. The van der Waals surface area contributed by atoms with Crippen LogP contribution in [-0.2, 0) is 14.3 Å². The van der Waals surface area contributed by atoms with Gasteiger partial charge in [-0.3, -0.25) is 0 Å². The molecule has 1 heterocycles. The number of hydrogen-bond donors (Lipinski definition) is 4. The van der Waals surface area contributed by atoms with Gasteiger partial charge in [-0.05, 0) is 6.42 Å². The van der Waals surface area contributed by atoms with Gasteiger partial charge in [0, 0.05) is 0 Å². The number of rotatable bonds is 12. The Morgan fingerprint density at radius 1 is 1.17 bits per heavy atom. The molecule has 0 radical (unpaired) electrons. The monoisotopic (exact) mass is 332 g/mol. The first-order valence-electron chi connectivity index (χ1n) is 8.25. The lowest BCUT2D eigenvalue weighted by Gasteiger charge is -2.19. The van der Waals surface area contributed by atoms with Gasteiger partial charge in [0.2, 0.25) is 5.76 Å². The molecule has 0 aromatic rings. The molecule has 7 heteroatoms. The minimum Gasteiger partial charge on any atom is -0.499 e. The van der Waals surface area contributed by atoms with Crippen LogP contribution in [0.1, 0.15) is 51.9 Å². The summed E-state index contributed by atoms with van der Waals surface area (Å²) in [5.41, 5.74) is 0. The zero-order valence-corrected chi connectivity index (χ0v) is 13.6. The number of hydrogen-bond acceptors (Lipinski definition) is 7. The van der Waals surface area contributed by atoms with Crippen molar-refractivity contribution in [2.45, 2.75) is 70.2 Å². The van der Waals surface area contributed by atoms with Gasteiger partial charge in [0.15, 0.2) is 11.9 Å². The first-order valence-corrected chi connectivity index (χ1v) is 8.25. The molecule has 3 atom stereocenters. The Hall–Kier alpha value is -1.31. The van der Waals surface area contributed by atoms with E-state index >= 15 is 0 Å². The lowest BCUT2D eigenvalue weighted by molar-refractivity contribution is -0.148. The fraction of sp³-hybridized carbons (Fsp3) is 0.812. The Balaban J connectivity index is 2.33. The zero-order chi connectivity index (χ0) is 17.2. The van der Waals surface area contributed by atoms with Crippen molar-refractivity contribution in [2.24, 2.45) is 0 Å². The van der Waals surface area contributed by atoms with E-state index in [1.165, 1.54) is 19.3 Å². The third kappa shape index (κ3) is 6.37. The van der Waals surface area contributed by atoms with Gasteiger partial charge in [0.1, 0.15) is 12.7 Å². The molecular weight excluding hydrogens is 304 g/mol. The standard InChI is InChI=1S/C16H28O7/c1-2-3-4-5-6-7-8-11(18)10-22-15-13(20)16(21)23-14(15)12(19)9-17/h11-12,14,17-20H,2-10H2,1H3. The molecule has 0 aromatic carbocycles. The minimum absolute atomic E-state index is 0.111. The van der Waals surface area contributed by atoms with E-state index in [0.717, 1.165) is 19.3 Å². The summed E-state index contributed by atoms with van der Waals surface area (Å²) in [6.07, 6.45) is 3.87. The van der Waals surface area contributed by atoms with E-state index < -0.39 is 36.6 Å². The molecule has 23 heavy (non-hydrogen) atoms. The van der Waals surface area contributed by atoms with Gasteiger partial charge in [-0.25, -0.2) is 4.79 Å². The Morgan fingerprint density at radius 3 is 2.48 bits per heavy atom. The summed E-state index contributed by atoms with van der Waals surface area (Å²) >= 11 is 0. The molecule has 0 amide bonds. The van der Waals surface area contributed by atoms with Gasteiger partial charge in [-0.15, -0.1) is 0 Å². The van der Waals surface area contributed by atoms with Crippen LogP contribution in [0.25, 0.3) is 0 Å². The average molecular weight is 332 g/mol. The molecule has 3 unspecified atom stereocenters. The number of carbonyl (C=O) groups is 1. The van der Waals surface area contributed by atoms with Crippen molar-refractivity contribution in [2.75, 3.05) is 13.2 Å². The van der Waals surface area contributed by atoms with Gasteiger partial charge in [0.05, 0.1) is 12.7 Å². The highest BCUT2D eigenvalue weighted by Gasteiger charge is 2.40. The van der Waals surface area contributed by atoms with Crippen molar-refractivity contribution >= 4 is 5.97 Å². The number of aliphatic hydroxyl groups excluding tert-OH is 4. The summed E-state index contributed by atoms with van der Waals surface area (Å²) in [6.45, 7) is 1.40. The van der Waals surface area contributed by atoms with Crippen LogP contribution in [0.5, 0.6) is 0 Å². The second-order valence-corrected chi connectivity index (χ2v) is 5.81. The second-order valence-electron chi connectivity index (χ2n) is 5.81. The Morgan fingerprint density at radius 2 is 1.83 bits per heavy atom. The quantitative estimate of drug-likeness (QED) is 0.313. The van der Waals surface area contributed by atoms with Crippen molar-refractivity contribution < 1.29 is 34.7 Å². The van der Waals surface area contributed by atoms with Crippen LogP contribution in [0, 0.1) is 0 Å². The Kier molecular flexibility index (Phi) is 8.98. The molecule has 1 aliphatic heterocycles. The molecule has 1 aliphatic rings.